The van der Waals surface area contributed by atoms with E-state index in [1.165, 1.54) is 16.6 Å². The number of H-pyrrole nitrogens is 1. The Kier molecular flexibility index (Phi) is 2.25. The molecule has 0 saturated carbocycles. The maximum atomic E-state index is 5.92. The lowest BCUT2D eigenvalue weighted by Crippen LogP contribution is -2.05. The summed E-state index contributed by atoms with van der Waals surface area (Å²) in [6, 6.07) is 6.14. The van der Waals surface area contributed by atoms with E-state index in [1.54, 1.807) is 0 Å². The predicted octanol–water partition coefficient (Wildman–Crippen LogP) is 2.15. The quantitative estimate of drug-likeness (QED) is 0.760. The number of hydrogen-bond donors (Lipinski definition) is 2. The van der Waals surface area contributed by atoms with Crippen molar-refractivity contribution in [2.24, 2.45) is 5.73 Å². The number of hydrogen-bond acceptors (Lipinski definition) is 2. The molecule has 2 rings (SSSR count). The lowest BCUT2D eigenvalue weighted by atomic mass is 10.0. The van der Waals surface area contributed by atoms with Gasteiger partial charge in [0, 0.05) is 17.1 Å². The molecule has 1 atom stereocenters. The van der Waals surface area contributed by atoms with Gasteiger partial charge in [0.05, 0.1) is 5.52 Å². The van der Waals surface area contributed by atoms with Crippen molar-refractivity contribution in [3.8, 4) is 0 Å². The van der Waals surface area contributed by atoms with Crippen LogP contribution in [0.1, 0.15) is 31.1 Å². The van der Waals surface area contributed by atoms with Crippen LogP contribution < -0.4 is 5.73 Å². The van der Waals surface area contributed by atoms with Crippen molar-refractivity contribution in [3.63, 3.8) is 0 Å². The largest absolute Gasteiger partial charge is 0.324 e. The van der Waals surface area contributed by atoms with Gasteiger partial charge < -0.3 is 5.73 Å². The Labute approximate surface area is 83.3 Å². The average molecular weight is 189 g/mol. The van der Waals surface area contributed by atoms with Crippen LogP contribution in [0.25, 0.3) is 10.9 Å². The summed E-state index contributed by atoms with van der Waals surface area (Å²) in [6.45, 7) is 4.12. The number of aromatic amines is 1. The normalized spacial score (nSPS) is 13.4. The van der Waals surface area contributed by atoms with E-state index < -0.39 is 0 Å². The highest BCUT2D eigenvalue weighted by atomic mass is 15.1. The second-order valence-corrected chi connectivity index (χ2v) is 3.59. The van der Waals surface area contributed by atoms with E-state index in [0.29, 0.717) is 0 Å². The van der Waals surface area contributed by atoms with Crippen molar-refractivity contribution >= 4 is 10.9 Å². The van der Waals surface area contributed by atoms with Crippen LogP contribution >= 0.6 is 0 Å². The SMILES string of the molecule is CCc1[nH]nc2cccc(C(C)N)c12. The van der Waals surface area contributed by atoms with Gasteiger partial charge in [0.2, 0.25) is 0 Å². The minimum atomic E-state index is 0.0570. The van der Waals surface area contributed by atoms with Gasteiger partial charge in [-0.3, -0.25) is 5.10 Å². The van der Waals surface area contributed by atoms with Gasteiger partial charge in [-0.25, -0.2) is 0 Å². The van der Waals surface area contributed by atoms with Gasteiger partial charge in [-0.1, -0.05) is 19.1 Å². The van der Waals surface area contributed by atoms with Crippen molar-refractivity contribution in [1.29, 1.82) is 0 Å². The minimum Gasteiger partial charge on any atom is -0.324 e. The molecule has 0 aliphatic heterocycles. The number of benzene rings is 1. The molecule has 1 unspecified atom stereocenters. The lowest BCUT2D eigenvalue weighted by molar-refractivity contribution is 0.825. The van der Waals surface area contributed by atoms with E-state index in [4.69, 9.17) is 5.73 Å². The molecule has 0 radical (unpaired) electrons. The monoisotopic (exact) mass is 189 g/mol. The molecular formula is C11H15N3. The van der Waals surface area contributed by atoms with Crippen LogP contribution in [0.3, 0.4) is 0 Å². The van der Waals surface area contributed by atoms with Crippen LogP contribution in [0, 0.1) is 0 Å². The zero-order chi connectivity index (χ0) is 10.1. The topological polar surface area (TPSA) is 54.7 Å². The molecule has 0 amide bonds. The maximum absolute atomic E-state index is 5.92. The standard InChI is InChI=1S/C11H15N3/c1-3-9-11-8(7(2)12)5-4-6-10(11)14-13-9/h4-7H,3,12H2,1-2H3,(H,13,14). The molecule has 1 aromatic heterocycles. The summed E-state index contributed by atoms with van der Waals surface area (Å²) >= 11 is 0. The Balaban J connectivity index is 2.75. The summed E-state index contributed by atoms with van der Waals surface area (Å²) in [5.41, 5.74) is 9.28. The molecule has 0 aliphatic rings. The number of aryl methyl sites for hydroxylation is 1. The van der Waals surface area contributed by atoms with Gasteiger partial charge in [-0.2, -0.15) is 5.10 Å². The number of nitrogens with zero attached hydrogens (tertiary/aromatic N) is 1. The predicted molar refractivity (Wildman–Crippen MR) is 58.1 cm³/mol. The molecule has 0 aliphatic carbocycles. The Morgan fingerprint density at radius 3 is 2.93 bits per heavy atom. The number of fused-ring (bicyclic) bond motifs is 1. The number of rotatable bonds is 2. The smallest absolute Gasteiger partial charge is 0.0927 e. The zero-order valence-corrected chi connectivity index (χ0v) is 8.54. The third-order valence-corrected chi connectivity index (χ3v) is 2.53. The van der Waals surface area contributed by atoms with Crippen molar-refractivity contribution in [2.75, 3.05) is 0 Å². The van der Waals surface area contributed by atoms with Crippen molar-refractivity contribution < 1.29 is 0 Å². The maximum Gasteiger partial charge on any atom is 0.0927 e. The lowest BCUT2D eigenvalue weighted by Gasteiger charge is -2.07. The summed E-state index contributed by atoms with van der Waals surface area (Å²) < 4.78 is 0. The van der Waals surface area contributed by atoms with Crippen LogP contribution in [0.4, 0.5) is 0 Å². The first kappa shape index (κ1) is 9.21. The van der Waals surface area contributed by atoms with Gasteiger partial charge in [0.25, 0.3) is 0 Å². The third kappa shape index (κ3) is 1.30. The fourth-order valence-electron chi connectivity index (χ4n) is 1.80. The molecule has 3 N–H and O–H groups in total. The highest BCUT2D eigenvalue weighted by Gasteiger charge is 2.10. The van der Waals surface area contributed by atoms with Crippen LogP contribution in [-0.2, 0) is 6.42 Å². The summed E-state index contributed by atoms with van der Waals surface area (Å²) in [5, 5.41) is 8.50. The van der Waals surface area contributed by atoms with E-state index in [9.17, 15) is 0 Å². The van der Waals surface area contributed by atoms with Gasteiger partial charge in [0.1, 0.15) is 0 Å². The van der Waals surface area contributed by atoms with Crippen LogP contribution in [0.15, 0.2) is 18.2 Å². The van der Waals surface area contributed by atoms with E-state index in [0.717, 1.165) is 11.9 Å². The van der Waals surface area contributed by atoms with E-state index in [2.05, 4.69) is 23.2 Å². The molecule has 1 aromatic carbocycles. The summed E-state index contributed by atoms with van der Waals surface area (Å²) in [4.78, 5) is 0. The first-order valence-corrected chi connectivity index (χ1v) is 4.95. The Morgan fingerprint density at radius 2 is 2.29 bits per heavy atom. The first-order valence-electron chi connectivity index (χ1n) is 4.95. The molecule has 0 saturated heterocycles. The number of aromatic nitrogens is 2. The number of nitrogens with one attached hydrogen (secondary N) is 1. The Bertz CT molecular complexity index is 443. The molecule has 0 fully saturated rings. The Morgan fingerprint density at radius 1 is 1.50 bits per heavy atom. The van der Waals surface area contributed by atoms with Crippen LogP contribution in [0.5, 0.6) is 0 Å². The van der Waals surface area contributed by atoms with E-state index in [1.807, 2.05) is 19.1 Å². The molecule has 1 heterocycles. The third-order valence-electron chi connectivity index (χ3n) is 2.53. The fourth-order valence-corrected chi connectivity index (χ4v) is 1.80. The van der Waals surface area contributed by atoms with Gasteiger partial charge in [0.15, 0.2) is 0 Å². The van der Waals surface area contributed by atoms with Crippen LogP contribution in [-0.4, -0.2) is 10.2 Å². The summed E-state index contributed by atoms with van der Waals surface area (Å²) in [5.74, 6) is 0. The van der Waals surface area contributed by atoms with Crippen LogP contribution in [0.2, 0.25) is 0 Å². The van der Waals surface area contributed by atoms with Crippen molar-refractivity contribution in [3.05, 3.63) is 29.5 Å². The summed E-state index contributed by atoms with van der Waals surface area (Å²) in [6.07, 6.45) is 0.959. The molecule has 0 bridgehead atoms. The highest BCUT2D eigenvalue weighted by Crippen LogP contribution is 2.24. The second kappa shape index (κ2) is 3.42. The molecule has 14 heavy (non-hydrogen) atoms. The van der Waals surface area contributed by atoms with E-state index >= 15 is 0 Å². The molecular weight excluding hydrogens is 174 g/mol. The number of nitrogens with two attached hydrogens (primary N) is 1. The van der Waals surface area contributed by atoms with Gasteiger partial charge >= 0.3 is 0 Å². The fraction of sp³-hybridized carbons (Fsp3) is 0.364. The average Bonchev–Trinajstić information content (AvgIpc) is 2.59. The first-order chi connectivity index (χ1) is 6.74. The van der Waals surface area contributed by atoms with E-state index in [-0.39, 0.29) is 6.04 Å². The van der Waals surface area contributed by atoms with Crippen molar-refractivity contribution in [1.82, 2.24) is 10.2 Å². The second-order valence-electron chi connectivity index (χ2n) is 3.59. The van der Waals surface area contributed by atoms with Gasteiger partial charge in [-0.15, -0.1) is 0 Å². The molecule has 3 nitrogen and oxygen atoms in total. The van der Waals surface area contributed by atoms with Gasteiger partial charge in [-0.05, 0) is 25.0 Å². The molecule has 0 spiro atoms. The zero-order valence-electron chi connectivity index (χ0n) is 8.54. The minimum absolute atomic E-state index is 0.0570. The van der Waals surface area contributed by atoms with Crippen molar-refractivity contribution in [2.45, 2.75) is 26.3 Å². The molecule has 2 aromatic rings. The highest BCUT2D eigenvalue weighted by molar-refractivity contribution is 5.85. The summed E-state index contributed by atoms with van der Waals surface area (Å²) in [7, 11) is 0. The molecule has 3 heteroatoms. The molecule has 74 valence electrons. The Hall–Kier alpha value is -1.35.